The molecule has 9 nitrogen and oxygen atoms in total. The molecule has 0 spiro atoms. The summed E-state index contributed by atoms with van der Waals surface area (Å²) < 4.78 is 55.8. The number of anilines is 2. The molecule has 12 heteroatoms. The summed E-state index contributed by atoms with van der Waals surface area (Å²) >= 11 is 6.13. The van der Waals surface area contributed by atoms with Crippen molar-refractivity contribution in [3.8, 4) is 0 Å². The van der Waals surface area contributed by atoms with Crippen molar-refractivity contribution in [3.63, 3.8) is 0 Å². The molecule has 0 atom stereocenters. The first-order valence-electron chi connectivity index (χ1n) is 9.95. The van der Waals surface area contributed by atoms with Gasteiger partial charge in [0.1, 0.15) is 10.7 Å². The van der Waals surface area contributed by atoms with Crippen LogP contribution < -0.4 is 14.8 Å². The second-order valence-corrected chi connectivity index (χ2v) is 11.3. The highest BCUT2D eigenvalue weighted by Gasteiger charge is 2.25. The van der Waals surface area contributed by atoms with E-state index in [9.17, 15) is 21.6 Å². The lowest BCUT2D eigenvalue weighted by molar-refractivity contribution is -0.115. The van der Waals surface area contributed by atoms with Crippen molar-refractivity contribution in [3.05, 3.63) is 47.0 Å². The minimum Gasteiger partial charge on any atom is -0.325 e. The molecule has 0 aromatic heterocycles. The smallest absolute Gasteiger partial charge is 0.263 e. The van der Waals surface area contributed by atoms with E-state index in [1.807, 2.05) is 0 Å². The number of rotatable bonds is 5. The fraction of sp³-hybridized carbons (Fsp3) is 0.300. The largest absolute Gasteiger partial charge is 0.325 e. The number of hydrogen-bond donors (Lipinski definition) is 3. The first-order valence-corrected chi connectivity index (χ1v) is 13.3. The maximum absolute atomic E-state index is 12.8. The predicted molar refractivity (Wildman–Crippen MR) is 122 cm³/mol. The highest BCUT2D eigenvalue weighted by molar-refractivity contribution is 7.92. The monoisotopic (exact) mass is 496 g/mol. The summed E-state index contributed by atoms with van der Waals surface area (Å²) in [6.07, 6.45) is 3.45. The molecule has 4 rings (SSSR count). The van der Waals surface area contributed by atoms with Crippen molar-refractivity contribution < 1.29 is 21.6 Å². The third-order valence-corrected chi connectivity index (χ3v) is 8.36. The van der Waals surface area contributed by atoms with Crippen LogP contribution in [0.3, 0.4) is 0 Å². The van der Waals surface area contributed by atoms with Gasteiger partial charge in [-0.15, -0.1) is 0 Å². The van der Waals surface area contributed by atoms with E-state index in [1.54, 1.807) is 0 Å². The van der Waals surface area contributed by atoms with Gasteiger partial charge in [-0.05, 0) is 54.8 Å². The molecule has 2 aromatic carbocycles. The molecule has 2 heterocycles. The molecule has 2 aliphatic heterocycles. The van der Waals surface area contributed by atoms with Gasteiger partial charge < -0.3 is 5.32 Å². The normalized spacial score (nSPS) is 16.5. The van der Waals surface area contributed by atoms with Gasteiger partial charge in [0.15, 0.2) is 0 Å². The number of aliphatic imine (C=N–C) groups is 1. The van der Waals surface area contributed by atoms with E-state index in [2.05, 4.69) is 19.8 Å². The van der Waals surface area contributed by atoms with Crippen molar-refractivity contribution in [2.45, 2.75) is 41.9 Å². The topological polar surface area (TPSA) is 134 Å². The van der Waals surface area contributed by atoms with Crippen LogP contribution in [0.25, 0.3) is 0 Å². The Labute approximate surface area is 191 Å². The van der Waals surface area contributed by atoms with E-state index in [0.29, 0.717) is 30.1 Å². The number of carbonyl (C=O) groups is 1. The Kier molecular flexibility index (Phi) is 6.15. The maximum atomic E-state index is 12.8. The number of benzene rings is 2. The van der Waals surface area contributed by atoms with Gasteiger partial charge in [0.05, 0.1) is 16.3 Å². The van der Waals surface area contributed by atoms with E-state index in [4.69, 9.17) is 11.6 Å². The average molecular weight is 497 g/mol. The standard InChI is InChI=1S/C20H21ClN4O5S2/c21-16-12-17-13(11-20(26)23-17)10-18(16)32(29,30)24-14-5-7-15(8-6-14)31(27,28)25-19-4-2-1-3-9-22-19/h5-8,10,12,24H,1-4,9,11H2,(H,22,25)(H,23,26). The molecule has 0 radical (unpaired) electrons. The second kappa shape index (κ2) is 8.72. The molecule has 0 bridgehead atoms. The lowest BCUT2D eigenvalue weighted by Crippen LogP contribution is -2.30. The second-order valence-electron chi connectivity index (χ2n) is 7.54. The molecule has 0 unspecified atom stereocenters. The molecule has 170 valence electrons. The number of nitrogens with one attached hydrogen (secondary N) is 3. The summed E-state index contributed by atoms with van der Waals surface area (Å²) in [7, 11) is -7.89. The van der Waals surface area contributed by atoms with Gasteiger partial charge in [0.25, 0.3) is 20.0 Å². The summed E-state index contributed by atoms with van der Waals surface area (Å²) in [5, 5.41) is 2.57. The van der Waals surface area contributed by atoms with Gasteiger partial charge in [0, 0.05) is 24.3 Å². The number of fused-ring (bicyclic) bond motifs is 1. The molecule has 0 fully saturated rings. The Morgan fingerprint density at radius 2 is 1.69 bits per heavy atom. The van der Waals surface area contributed by atoms with Crippen molar-refractivity contribution in [1.29, 1.82) is 0 Å². The third kappa shape index (κ3) is 4.89. The Balaban J connectivity index is 1.52. The molecule has 0 aliphatic carbocycles. The summed E-state index contributed by atoms with van der Waals surface area (Å²) in [4.78, 5) is 15.6. The van der Waals surface area contributed by atoms with Crippen molar-refractivity contribution in [2.24, 2.45) is 4.99 Å². The molecular weight excluding hydrogens is 476 g/mol. The summed E-state index contributed by atoms with van der Waals surface area (Å²) in [6.45, 7) is 0.591. The quantitative estimate of drug-likeness (QED) is 0.585. The van der Waals surface area contributed by atoms with Gasteiger partial charge >= 0.3 is 0 Å². The minimum absolute atomic E-state index is 0.00690. The number of halogens is 1. The van der Waals surface area contributed by atoms with Gasteiger partial charge in [-0.25, -0.2) is 16.8 Å². The molecule has 3 N–H and O–H groups in total. The molecule has 2 aliphatic rings. The van der Waals surface area contributed by atoms with Gasteiger partial charge in [0.2, 0.25) is 5.91 Å². The van der Waals surface area contributed by atoms with Crippen LogP contribution in [-0.2, 0) is 31.3 Å². The molecule has 1 amide bonds. The number of carbonyl (C=O) groups excluding carboxylic acids is 1. The average Bonchev–Trinajstić information content (AvgIpc) is 2.90. The number of nitrogens with zero attached hydrogens (tertiary/aromatic N) is 1. The minimum atomic E-state index is -4.06. The van der Waals surface area contributed by atoms with Crippen LogP contribution in [0.2, 0.25) is 5.02 Å². The van der Waals surface area contributed by atoms with Crippen LogP contribution in [-0.4, -0.2) is 35.1 Å². The third-order valence-electron chi connectivity index (χ3n) is 5.12. The van der Waals surface area contributed by atoms with Crippen LogP contribution in [0.1, 0.15) is 31.2 Å². The summed E-state index contributed by atoms with van der Waals surface area (Å²) in [5.41, 5.74) is 1.19. The van der Waals surface area contributed by atoms with Crippen LogP contribution in [0.4, 0.5) is 11.4 Å². The van der Waals surface area contributed by atoms with Crippen molar-refractivity contribution in [1.82, 2.24) is 4.72 Å². The fourth-order valence-corrected chi connectivity index (χ4v) is 6.24. The Bertz CT molecular complexity index is 1310. The summed E-state index contributed by atoms with van der Waals surface area (Å²) in [5.74, 6) is 0.199. The van der Waals surface area contributed by atoms with Gasteiger partial charge in [-0.2, -0.15) is 0 Å². The highest BCUT2D eigenvalue weighted by Crippen LogP contribution is 2.33. The predicted octanol–water partition coefficient (Wildman–Crippen LogP) is 2.89. The SMILES string of the molecule is O=C1Cc2cc(S(=O)(=O)Nc3ccc(S(=O)(=O)NC4=NCCCCC4)cc3)c(Cl)cc2N1. The van der Waals surface area contributed by atoms with Crippen LogP contribution in [0.15, 0.2) is 51.2 Å². The highest BCUT2D eigenvalue weighted by atomic mass is 35.5. The zero-order valence-electron chi connectivity index (χ0n) is 16.9. The molecule has 0 saturated carbocycles. The zero-order valence-corrected chi connectivity index (χ0v) is 19.3. The molecular formula is C20H21ClN4O5S2. The maximum Gasteiger partial charge on any atom is 0.263 e. The number of amides is 1. The molecule has 0 saturated heterocycles. The first-order chi connectivity index (χ1) is 15.1. The number of sulfonamides is 2. The van der Waals surface area contributed by atoms with E-state index >= 15 is 0 Å². The number of amidine groups is 1. The van der Waals surface area contributed by atoms with Gasteiger partial charge in [-0.1, -0.05) is 18.0 Å². The van der Waals surface area contributed by atoms with Crippen LogP contribution in [0, 0.1) is 0 Å². The molecule has 32 heavy (non-hydrogen) atoms. The Morgan fingerprint density at radius 3 is 2.44 bits per heavy atom. The van der Waals surface area contributed by atoms with Crippen molar-refractivity contribution >= 4 is 54.8 Å². The first kappa shape index (κ1) is 22.6. The summed E-state index contributed by atoms with van der Waals surface area (Å²) in [6, 6.07) is 8.08. The van der Waals surface area contributed by atoms with E-state index < -0.39 is 20.0 Å². The lowest BCUT2D eigenvalue weighted by Gasteiger charge is -2.12. The van der Waals surface area contributed by atoms with E-state index in [1.165, 1.54) is 36.4 Å². The van der Waals surface area contributed by atoms with Crippen LogP contribution in [0.5, 0.6) is 0 Å². The van der Waals surface area contributed by atoms with E-state index in [-0.39, 0.29) is 32.8 Å². The number of hydrogen-bond acceptors (Lipinski definition) is 6. The van der Waals surface area contributed by atoms with Crippen LogP contribution >= 0.6 is 11.6 Å². The fourth-order valence-electron chi connectivity index (χ4n) is 3.52. The van der Waals surface area contributed by atoms with Crippen molar-refractivity contribution in [2.75, 3.05) is 16.6 Å². The van der Waals surface area contributed by atoms with Gasteiger partial charge in [-0.3, -0.25) is 19.2 Å². The zero-order chi connectivity index (χ0) is 22.9. The lowest BCUT2D eigenvalue weighted by atomic mass is 10.2. The van der Waals surface area contributed by atoms with E-state index in [0.717, 1.165) is 19.3 Å². The molecule has 2 aromatic rings. The Hall–Kier alpha value is -2.63. The Morgan fingerprint density at radius 1 is 0.938 bits per heavy atom.